The first-order valence-corrected chi connectivity index (χ1v) is 4.33. The minimum Gasteiger partial charge on any atom is -0.486 e. The highest BCUT2D eigenvalue weighted by Crippen LogP contribution is 2.32. The average Bonchev–Trinajstić information content (AvgIpc) is 2.16. The van der Waals surface area contributed by atoms with Crippen molar-refractivity contribution in [3.8, 4) is 11.5 Å². The Hall–Kier alpha value is -1.22. The minimum absolute atomic E-state index is 0.0328. The summed E-state index contributed by atoms with van der Waals surface area (Å²) in [5.41, 5.74) is 0.844. The maximum Gasteiger partial charge on any atom is 0.162 e. The van der Waals surface area contributed by atoms with E-state index in [4.69, 9.17) is 14.6 Å². The molecule has 0 fully saturated rings. The van der Waals surface area contributed by atoms with Crippen molar-refractivity contribution in [3.05, 3.63) is 23.8 Å². The molecule has 0 spiro atoms. The maximum atomic E-state index is 8.91. The van der Waals surface area contributed by atoms with E-state index in [2.05, 4.69) is 0 Å². The lowest BCUT2D eigenvalue weighted by Gasteiger charge is -2.24. The summed E-state index contributed by atoms with van der Waals surface area (Å²) in [6, 6.07) is 5.47. The van der Waals surface area contributed by atoms with Gasteiger partial charge in [0.25, 0.3) is 0 Å². The van der Waals surface area contributed by atoms with Gasteiger partial charge in [0.15, 0.2) is 11.5 Å². The topological polar surface area (TPSA) is 38.7 Å². The lowest BCUT2D eigenvalue weighted by Crippen LogP contribution is -2.25. The fourth-order valence-electron chi connectivity index (χ4n) is 1.32. The first-order valence-electron chi connectivity index (χ1n) is 4.33. The van der Waals surface area contributed by atoms with E-state index >= 15 is 0 Å². The molecule has 0 saturated heterocycles. The first-order chi connectivity index (χ1) is 6.29. The number of rotatable bonds is 1. The molecule has 1 heterocycles. The van der Waals surface area contributed by atoms with Crippen molar-refractivity contribution in [1.82, 2.24) is 0 Å². The van der Waals surface area contributed by atoms with E-state index in [9.17, 15) is 0 Å². The summed E-state index contributed by atoms with van der Waals surface area (Å²) in [6.07, 6.45) is 0.0847. The zero-order chi connectivity index (χ0) is 9.26. The van der Waals surface area contributed by atoms with Crippen LogP contribution in [0, 0.1) is 0 Å². The van der Waals surface area contributed by atoms with Crippen molar-refractivity contribution in [3.63, 3.8) is 0 Å². The lowest BCUT2D eigenvalue weighted by atomic mass is 10.2. The predicted octanol–water partition coefficient (Wildman–Crippen LogP) is 1.34. The van der Waals surface area contributed by atoms with Crippen LogP contribution in [0.4, 0.5) is 0 Å². The number of benzene rings is 1. The standard InChI is InChI=1S/C10H12O3/c1-7-6-12-9-3-2-8(5-11)4-10(9)13-7/h2-4,7,11H,5-6H2,1H3. The molecule has 0 saturated carbocycles. The van der Waals surface area contributed by atoms with Crippen LogP contribution in [-0.2, 0) is 6.61 Å². The first kappa shape index (κ1) is 8.38. The van der Waals surface area contributed by atoms with Crippen LogP contribution in [-0.4, -0.2) is 17.8 Å². The SMILES string of the molecule is CC1COc2ccc(CO)cc2O1. The summed E-state index contributed by atoms with van der Waals surface area (Å²) in [5.74, 6) is 1.49. The monoisotopic (exact) mass is 180 g/mol. The maximum absolute atomic E-state index is 8.91. The molecule has 1 aromatic rings. The zero-order valence-electron chi connectivity index (χ0n) is 7.49. The molecule has 1 atom stereocenters. The van der Waals surface area contributed by atoms with E-state index in [1.165, 1.54) is 0 Å². The Morgan fingerprint density at radius 2 is 2.31 bits per heavy atom. The van der Waals surface area contributed by atoms with Gasteiger partial charge in [0.05, 0.1) is 6.61 Å². The minimum atomic E-state index is 0.0328. The number of aliphatic hydroxyl groups is 1. The van der Waals surface area contributed by atoms with Crippen LogP contribution in [0.15, 0.2) is 18.2 Å². The molecule has 2 rings (SSSR count). The molecule has 3 nitrogen and oxygen atoms in total. The quantitative estimate of drug-likeness (QED) is 0.708. The summed E-state index contributed by atoms with van der Waals surface area (Å²) in [7, 11) is 0. The van der Waals surface area contributed by atoms with Gasteiger partial charge in [-0.2, -0.15) is 0 Å². The third-order valence-electron chi connectivity index (χ3n) is 1.99. The van der Waals surface area contributed by atoms with Crippen LogP contribution >= 0.6 is 0 Å². The van der Waals surface area contributed by atoms with Crippen LogP contribution in [0.2, 0.25) is 0 Å². The second kappa shape index (κ2) is 3.26. The van der Waals surface area contributed by atoms with E-state index in [1.807, 2.05) is 25.1 Å². The number of aliphatic hydroxyl groups excluding tert-OH is 1. The molecule has 1 aliphatic heterocycles. The van der Waals surface area contributed by atoms with Crippen LogP contribution in [0.5, 0.6) is 11.5 Å². The van der Waals surface area contributed by atoms with Crippen LogP contribution in [0.25, 0.3) is 0 Å². The molecule has 13 heavy (non-hydrogen) atoms. The summed E-state index contributed by atoms with van der Waals surface area (Å²) in [6.45, 7) is 2.57. The molecule has 1 unspecified atom stereocenters. The Morgan fingerprint density at radius 3 is 3.08 bits per heavy atom. The Bertz CT molecular complexity index is 309. The molecule has 1 aromatic carbocycles. The van der Waals surface area contributed by atoms with Crippen molar-refractivity contribution < 1.29 is 14.6 Å². The van der Waals surface area contributed by atoms with Gasteiger partial charge in [-0.15, -0.1) is 0 Å². The molecule has 1 N–H and O–H groups in total. The number of hydrogen-bond acceptors (Lipinski definition) is 3. The normalized spacial score (nSPS) is 20.0. The van der Waals surface area contributed by atoms with Gasteiger partial charge in [-0.3, -0.25) is 0 Å². The second-order valence-corrected chi connectivity index (χ2v) is 3.18. The van der Waals surface area contributed by atoms with Crippen LogP contribution in [0.3, 0.4) is 0 Å². The molecule has 3 heteroatoms. The van der Waals surface area contributed by atoms with Gasteiger partial charge >= 0.3 is 0 Å². The van der Waals surface area contributed by atoms with E-state index in [0.29, 0.717) is 6.61 Å². The highest BCUT2D eigenvalue weighted by molar-refractivity contribution is 5.43. The summed E-state index contributed by atoms with van der Waals surface area (Å²) >= 11 is 0. The largest absolute Gasteiger partial charge is 0.486 e. The fourth-order valence-corrected chi connectivity index (χ4v) is 1.32. The Kier molecular flexibility index (Phi) is 2.10. The highest BCUT2D eigenvalue weighted by atomic mass is 16.6. The van der Waals surface area contributed by atoms with Crippen molar-refractivity contribution in [1.29, 1.82) is 0 Å². The number of hydrogen-bond donors (Lipinski definition) is 1. The van der Waals surface area contributed by atoms with E-state index in [-0.39, 0.29) is 12.7 Å². The predicted molar refractivity (Wildman–Crippen MR) is 47.9 cm³/mol. The van der Waals surface area contributed by atoms with Gasteiger partial charge in [-0.05, 0) is 24.6 Å². The Balaban J connectivity index is 2.32. The molecule has 70 valence electrons. The summed E-state index contributed by atoms with van der Waals surface area (Å²) < 4.78 is 11.0. The molecule has 0 aliphatic carbocycles. The lowest BCUT2D eigenvalue weighted by molar-refractivity contribution is 0.104. The van der Waals surface area contributed by atoms with E-state index in [0.717, 1.165) is 17.1 Å². The number of ether oxygens (including phenoxy) is 2. The smallest absolute Gasteiger partial charge is 0.162 e. The fraction of sp³-hybridized carbons (Fsp3) is 0.400. The zero-order valence-corrected chi connectivity index (χ0v) is 7.49. The molecule has 0 radical (unpaired) electrons. The van der Waals surface area contributed by atoms with Gasteiger partial charge < -0.3 is 14.6 Å². The summed E-state index contributed by atoms with van der Waals surface area (Å²) in [5, 5.41) is 8.91. The Labute approximate surface area is 76.9 Å². The van der Waals surface area contributed by atoms with Gasteiger partial charge in [0, 0.05) is 0 Å². The third kappa shape index (κ3) is 1.60. The van der Waals surface area contributed by atoms with Crippen molar-refractivity contribution in [2.75, 3.05) is 6.61 Å². The molecule has 0 bridgehead atoms. The van der Waals surface area contributed by atoms with Crippen molar-refractivity contribution in [2.45, 2.75) is 19.6 Å². The molecule has 0 aromatic heterocycles. The van der Waals surface area contributed by atoms with Crippen LogP contribution < -0.4 is 9.47 Å². The molecular formula is C10H12O3. The highest BCUT2D eigenvalue weighted by Gasteiger charge is 2.16. The van der Waals surface area contributed by atoms with Gasteiger partial charge in [0.2, 0.25) is 0 Å². The number of fused-ring (bicyclic) bond motifs is 1. The molecular weight excluding hydrogens is 168 g/mol. The Morgan fingerprint density at radius 1 is 1.46 bits per heavy atom. The van der Waals surface area contributed by atoms with Crippen molar-refractivity contribution >= 4 is 0 Å². The molecule has 0 amide bonds. The van der Waals surface area contributed by atoms with Gasteiger partial charge in [-0.1, -0.05) is 6.07 Å². The van der Waals surface area contributed by atoms with E-state index < -0.39 is 0 Å². The van der Waals surface area contributed by atoms with Gasteiger partial charge in [-0.25, -0.2) is 0 Å². The van der Waals surface area contributed by atoms with E-state index in [1.54, 1.807) is 0 Å². The van der Waals surface area contributed by atoms with Crippen LogP contribution in [0.1, 0.15) is 12.5 Å². The second-order valence-electron chi connectivity index (χ2n) is 3.18. The van der Waals surface area contributed by atoms with Gasteiger partial charge in [0.1, 0.15) is 12.7 Å². The van der Waals surface area contributed by atoms with Crippen molar-refractivity contribution in [2.24, 2.45) is 0 Å². The average molecular weight is 180 g/mol. The molecule has 1 aliphatic rings. The third-order valence-corrected chi connectivity index (χ3v) is 1.99. The summed E-state index contributed by atoms with van der Waals surface area (Å²) in [4.78, 5) is 0.